The second-order valence-electron chi connectivity index (χ2n) is 6.91. The molecule has 0 bridgehead atoms. The van der Waals surface area contributed by atoms with E-state index in [9.17, 15) is 9.90 Å². The van der Waals surface area contributed by atoms with Crippen molar-refractivity contribution in [3.05, 3.63) is 29.8 Å². The zero-order chi connectivity index (χ0) is 17.6. The van der Waals surface area contributed by atoms with Gasteiger partial charge in [-0.15, -0.1) is 0 Å². The Morgan fingerprint density at radius 1 is 1.28 bits per heavy atom. The van der Waals surface area contributed by atoms with Gasteiger partial charge in [0.15, 0.2) is 0 Å². The first-order chi connectivity index (χ1) is 12.1. The van der Waals surface area contributed by atoms with Crippen molar-refractivity contribution in [1.29, 1.82) is 0 Å². The molecule has 2 fully saturated rings. The first-order valence-electron chi connectivity index (χ1n) is 9.12. The molecule has 138 valence electrons. The highest BCUT2D eigenvalue weighted by Crippen LogP contribution is 2.16. The Kier molecular flexibility index (Phi) is 6.29. The maximum atomic E-state index is 12.3. The molecule has 2 saturated heterocycles. The molecule has 2 atom stereocenters. The van der Waals surface area contributed by atoms with Gasteiger partial charge in [-0.05, 0) is 31.9 Å². The first kappa shape index (κ1) is 18.2. The van der Waals surface area contributed by atoms with Gasteiger partial charge in [-0.3, -0.25) is 9.69 Å². The molecular weight excluding hydrogens is 320 g/mol. The molecular formula is C19H28N2O4. The predicted molar refractivity (Wildman–Crippen MR) is 94.7 cm³/mol. The second-order valence-corrected chi connectivity index (χ2v) is 6.91. The topological polar surface area (TPSA) is 62.2 Å². The number of amides is 1. The number of ether oxygens (including phenoxy) is 2. The third-order valence-corrected chi connectivity index (χ3v) is 4.82. The Bertz CT molecular complexity index is 549. The Labute approximate surface area is 149 Å². The van der Waals surface area contributed by atoms with Crippen molar-refractivity contribution < 1.29 is 19.4 Å². The molecule has 0 aromatic heterocycles. The van der Waals surface area contributed by atoms with Crippen molar-refractivity contribution in [2.45, 2.75) is 32.0 Å². The van der Waals surface area contributed by atoms with Crippen molar-refractivity contribution in [2.75, 3.05) is 45.9 Å². The van der Waals surface area contributed by atoms with Gasteiger partial charge in [0.25, 0.3) is 5.91 Å². The molecule has 0 saturated carbocycles. The van der Waals surface area contributed by atoms with E-state index < -0.39 is 6.10 Å². The average molecular weight is 348 g/mol. The Balaban J connectivity index is 1.36. The molecule has 3 rings (SSSR count). The molecule has 2 aliphatic rings. The number of hydrogen-bond donors (Lipinski definition) is 1. The molecule has 1 N–H and O–H groups in total. The van der Waals surface area contributed by atoms with Gasteiger partial charge >= 0.3 is 0 Å². The molecule has 0 radical (unpaired) electrons. The van der Waals surface area contributed by atoms with E-state index in [1.165, 1.54) is 5.56 Å². The number of rotatable bonds is 6. The number of β-amino-alcohol motifs (C(OH)–C–C–N with tert-alkyl or cyclic N) is 1. The number of benzene rings is 1. The van der Waals surface area contributed by atoms with Gasteiger partial charge in [0.1, 0.15) is 24.6 Å². The fourth-order valence-electron chi connectivity index (χ4n) is 3.30. The summed E-state index contributed by atoms with van der Waals surface area (Å²) in [6.07, 6.45) is 1.04. The quantitative estimate of drug-likeness (QED) is 0.833. The molecule has 1 amide bonds. The second kappa shape index (κ2) is 8.65. The fraction of sp³-hybridized carbons (Fsp3) is 0.632. The number of hydrogen-bond acceptors (Lipinski definition) is 5. The minimum absolute atomic E-state index is 0.125. The lowest BCUT2D eigenvalue weighted by Gasteiger charge is -2.36. The summed E-state index contributed by atoms with van der Waals surface area (Å²) in [4.78, 5) is 16.4. The third kappa shape index (κ3) is 5.17. The first-order valence-corrected chi connectivity index (χ1v) is 9.12. The summed E-state index contributed by atoms with van der Waals surface area (Å²) in [5.74, 6) is 0.900. The monoisotopic (exact) mass is 348 g/mol. The highest BCUT2D eigenvalue weighted by molar-refractivity contribution is 5.81. The van der Waals surface area contributed by atoms with Crippen molar-refractivity contribution in [3.63, 3.8) is 0 Å². The maximum absolute atomic E-state index is 12.3. The molecule has 2 aliphatic heterocycles. The molecule has 6 heteroatoms. The Morgan fingerprint density at radius 2 is 2.00 bits per heavy atom. The van der Waals surface area contributed by atoms with Crippen LogP contribution in [0.25, 0.3) is 0 Å². The molecule has 6 nitrogen and oxygen atoms in total. The molecule has 0 unspecified atom stereocenters. The van der Waals surface area contributed by atoms with Crippen LogP contribution in [0.3, 0.4) is 0 Å². The lowest BCUT2D eigenvalue weighted by molar-refractivity contribution is -0.142. The summed E-state index contributed by atoms with van der Waals surface area (Å²) in [5.41, 5.74) is 1.18. The lowest BCUT2D eigenvalue weighted by atomic mass is 10.2. The van der Waals surface area contributed by atoms with Gasteiger partial charge in [-0.25, -0.2) is 0 Å². The van der Waals surface area contributed by atoms with E-state index in [0.717, 1.165) is 31.7 Å². The summed E-state index contributed by atoms with van der Waals surface area (Å²) < 4.78 is 11.1. The predicted octanol–water partition coefficient (Wildman–Crippen LogP) is 1.06. The van der Waals surface area contributed by atoms with Crippen LogP contribution in [0.2, 0.25) is 0 Å². The molecule has 1 aromatic rings. The molecule has 1 aromatic carbocycles. The van der Waals surface area contributed by atoms with E-state index in [1.807, 2.05) is 36.1 Å². The number of aliphatic hydroxyl groups is 1. The highest BCUT2D eigenvalue weighted by atomic mass is 16.5. The van der Waals surface area contributed by atoms with Crippen molar-refractivity contribution in [3.8, 4) is 5.75 Å². The van der Waals surface area contributed by atoms with Gasteiger partial charge < -0.3 is 19.5 Å². The standard InChI is InChI=1S/C19H28N2O4/c1-15-4-6-17(7-5-15)25-14-16(22)13-20-8-10-21(11-9-20)19(23)18-3-2-12-24-18/h4-7,16,18,22H,2-3,8-14H2,1H3/t16-,18+/m0/s1. The molecule has 0 spiro atoms. The van der Waals surface area contributed by atoms with Crippen LogP contribution in [0.5, 0.6) is 5.75 Å². The van der Waals surface area contributed by atoms with E-state index in [-0.39, 0.29) is 18.6 Å². The summed E-state index contributed by atoms with van der Waals surface area (Å²) in [7, 11) is 0. The van der Waals surface area contributed by atoms with E-state index in [4.69, 9.17) is 9.47 Å². The SMILES string of the molecule is Cc1ccc(OC[C@@H](O)CN2CCN(C(=O)[C@H]3CCCO3)CC2)cc1. The van der Waals surface area contributed by atoms with Crippen LogP contribution in [0.15, 0.2) is 24.3 Å². The average Bonchev–Trinajstić information content (AvgIpc) is 3.16. The van der Waals surface area contributed by atoms with Gasteiger partial charge in [0.05, 0.1) is 0 Å². The lowest BCUT2D eigenvalue weighted by Crippen LogP contribution is -2.53. The van der Waals surface area contributed by atoms with Crippen LogP contribution < -0.4 is 4.74 Å². The number of piperazine rings is 1. The number of nitrogens with zero attached hydrogens (tertiary/aromatic N) is 2. The van der Waals surface area contributed by atoms with Crippen LogP contribution in [-0.4, -0.2) is 79.0 Å². The normalized spacial score (nSPS) is 22.8. The van der Waals surface area contributed by atoms with Gasteiger partial charge in [-0.2, -0.15) is 0 Å². The minimum Gasteiger partial charge on any atom is -0.491 e. The van der Waals surface area contributed by atoms with Gasteiger partial charge in [-0.1, -0.05) is 17.7 Å². The summed E-state index contributed by atoms with van der Waals surface area (Å²) in [5, 5.41) is 10.2. The van der Waals surface area contributed by atoms with Crippen molar-refractivity contribution >= 4 is 5.91 Å². The summed E-state index contributed by atoms with van der Waals surface area (Å²) >= 11 is 0. The van der Waals surface area contributed by atoms with Gasteiger partial charge in [0.2, 0.25) is 0 Å². The Morgan fingerprint density at radius 3 is 2.64 bits per heavy atom. The molecule has 0 aliphatic carbocycles. The maximum Gasteiger partial charge on any atom is 0.251 e. The number of carbonyl (C=O) groups is 1. The third-order valence-electron chi connectivity index (χ3n) is 4.82. The van der Waals surface area contributed by atoms with Crippen LogP contribution in [0.4, 0.5) is 0 Å². The number of aryl methyl sites for hydroxylation is 1. The fourth-order valence-corrected chi connectivity index (χ4v) is 3.30. The summed E-state index contributed by atoms with van der Waals surface area (Å²) in [6, 6.07) is 7.81. The van der Waals surface area contributed by atoms with Crippen LogP contribution in [0.1, 0.15) is 18.4 Å². The van der Waals surface area contributed by atoms with E-state index in [0.29, 0.717) is 26.2 Å². The Hall–Kier alpha value is -1.63. The summed E-state index contributed by atoms with van der Waals surface area (Å²) in [6.45, 7) is 6.52. The highest BCUT2D eigenvalue weighted by Gasteiger charge is 2.30. The van der Waals surface area contributed by atoms with Crippen molar-refractivity contribution in [1.82, 2.24) is 9.80 Å². The zero-order valence-electron chi connectivity index (χ0n) is 14.9. The van der Waals surface area contributed by atoms with Crippen LogP contribution in [-0.2, 0) is 9.53 Å². The van der Waals surface area contributed by atoms with Crippen LogP contribution in [0, 0.1) is 6.92 Å². The van der Waals surface area contributed by atoms with E-state index >= 15 is 0 Å². The zero-order valence-corrected chi connectivity index (χ0v) is 14.9. The number of carbonyl (C=O) groups excluding carboxylic acids is 1. The number of aliphatic hydroxyl groups excluding tert-OH is 1. The molecule has 25 heavy (non-hydrogen) atoms. The largest absolute Gasteiger partial charge is 0.491 e. The minimum atomic E-state index is -0.540. The van der Waals surface area contributed by atoms with Gasteiger partial charge in [0, 0.05) is 39.3 Å². The smallest absolute Gasteiger partial charge is 0.251 e. The van der Waals surface area contributed by atoms with Crippen molar-refractivity contribution in [2.24, 2.45) is 0 Å². The van der Waals surface area contributed by atoms with E-state index in [1.54, 1.807) is 0 Å². The van der Waals surface area contributed by atoms with Crippen LogP contribution >= 0.6 is 0 Å². The molecule has 2 heterocycles. The van der Waals surface area contributed by atoms with E-state index in [2.05, 4.69) is 4.90 Å².